The van der Waals surface area contributed by atoms with Gasteiger partial charge in [0.15, 0.2) is 0 Å². The number of carbonyl (C=O) groups excluding carboxylic acids is 2. The van der Waals surface area contributed by atoms with Crippen LogP contribution in [0.3, 0.4) is 0 Å². The summed E-state index contributed by atoms with van der Waals surface area (Å²) in [5, 5.41) is 2.65. The first-order valence-electron chi connectivity index (χ1n) is 9.47. The maximum Gasteiger partial charge on any atom is 0.339 e. The maximum absolute atomic E-state index is 12.8. The van der Waals surface area contributed by atoms with Crippen LogP contribution in [0.15, 0.2) is 41.3 Å². The first-order valence-corrected chi connectivity index (χ1v) is 10.9. The SMILES string of the molecule is CCOC(=O)c1ccc(C(=O)Nc2cccc(S(=O)(=O)N3CCOCC3)c2)nc1C. The Balaban J connectivity index is 1.77. The number of aromatic nitrogens is 1. The Morgan fingerprint density at radius 2 is 1.93 bits per heavy atom. The molecule has 9 nitrogen and oxygen atoms in total. The topological polar surface area (TPSA) is 115 Å². The van der Waals surface area contributed by atoms with E-state index in [9.17, 15) is 18.0 Å². The lowest BCUT2D eigenvalue weighted by molar-refractivity contribution is 0.0524. The Hall–Kier alpha value is -2.82. The van der Waals surface area contributed by atoms with Gasteiger partial charge in [0.25, 0.3) is 5.91 Å². The summed E-state index contributed by atoms with van der Waals surface area (Å²) in [5.41, 5.74) is 1.07. The molecule has 1 N–H and O–H groups in total. The average molecular weight is 433 g/mol. The van der Waals surface area contributed by atoms with Crippen molar-refractivity contribution in [3.8, 4) is 0 Å². The molecule has 1 aromatic heterocycles. The summed E-state index contributed by atoms with van der Waals surface area (Å²) in [6, 6.07) is 8.94. The smallest absolute Gasteiger partial charge is 0.339 e. The number of hydrogen-bond acceptors (Lipinski definition) is 7. The second-order valence-corrected chi connectivity index (χ2v) is 8.49. The molecule has 2 heterocycles. The minimum Gasteiger partial charge on any atom is -0.462 e. The second kappa shape index (κ2) is 9.33. The van der Waals surface area contributed by atoms with Crippen molar-refractivity contribution in [1.29, 1.82) is 0 Å². The zero-order valence-electron chi connectivity index (χ0n) is 16.8. The second-order valence-electron chi connectivity index (χ2n) is 6.55. The molecule has 0 spiro atoms. The highest BCUT2D eigenvalue weighted by Gasteiger charge is 2.26. The summed E-state index contributed by atoms with van der Waals surface area (Å²) in [6.45, 7) is 4.83. The number of amides is 1. The number of morpholine rings is 1. The monoisotopic (exact) mass is 433 g/mol. The zero-order chi connectivity index (χ0) is 21.7. The van der Waals surface area contributed by atoms with Crippen LogP contribution >= 0.6 is 0 Å². The highest BCUT2D eigenvalue weighted by molar-refractivity contribution is 7.89. The lowest BCUT2D eigenvalue weighted by atomic mass is 10.2. The van der Waals surface area contributed by atoms with E-state index in [1.807, 2.05) is 0 Å². The van der Waals surface area contributed by atoms with E-state index < -0.39 is 21.9 Å². The average Bonchev–Trinajstić information content (AvgIpc) is 2.74. The summed E-state index contributed by atoms with van der Waals surface area (Å²) >= 11 is 0. The van der Waals surface area contributed by atoms with Crippen molar-refractivity contribution in [2.75, 3.05) is 38.2 Å². The van der Waals surface area contributed by atoms with Gasteiger partial charge in [-0.2, -0.15) is 4.31 Å². The van der Waals surface area contributed by atoms with Crippen molar-refractivity contribution in [3.63, 3.8) is 0 Å². The molecule has 0 bridgehead atoms. The van der Waals surface area contributed by atoms with Crippen LogP contribution in [0.5, 0.6) is 0 Å². The van der Waals surface area contributed by atoms with Crippen molar-refractivity contribution >= 4 is 27.6 Å². The van der Waals surface area contributed by atoms with Gasteiger partial charge in [-0.25, -0.2) is 18.2 Å². The number of sulfonamides is 1. The summed E-state index contributed by atoms with van der Waals surface area (Å²) in [4.78, 5) is 28.7. The Labute approximate surface area is 175 Å². The molecule has 1 fully saturated rings. The maximum atomic E-state index is 12.8. The summed E-state index contributed by atoms with van der Waals surface area (Å²) in [5.74, 6) is -1.02. The van der Waals surface area contributed by atoms with Crippen LogP contribution in [0, 0.1) is 6.92 Å². The highest BCUT2D eigenvalue weighted by atomic mass is 32.2. The molecule has 0 unspecified atom stereocenters. The van der Waals surface area contributed by atoms with Crippen LogP contribution in [0.4, 0.5) is 5.69 Å². The predicted octanol–water partition coefficient (Wildman–Crippen LogP) is 1.84. The predicted molar refractivity (Wildman–Crippen MR) is 109 cm³/mol. The minimum atomic E-state index is -3.68. The van der Waals surface area contributed by atoms with Crippen molar-refractivity contribution in [2.45, 2.75) is 18.7 Å². The number of rotatable bonds is 6. The number of nitrogens with one attached hydrogen (secondary N) is 1. The molecule has 2 aromatic rings. The fraction of sp³-hybridized carbons (Fsp3) is 0.350. The van der Waals surface area contributed by atoms with Crippen LogP contribution in [0.2, 0.25) is 0 Å². The molecule has 30 heavy (non-hydrogen) atoms. The van der Waals surface area contributed by atoms with Gasteiger partial charge in [0.1, 0.15) is 5.69 Å². The number of aryl methyl sites for hydroxylation is 1. The number of pyridine rings is 1. The molecule has 1 aliphatic heterocycles. The van der Waals surface area contributed by atoms with Gasteiger partial charge in [-0.3, -0.25) is 4.79 Å². The van der Waals surface area contributed by atoms with Crippen molar-refractivity contribution < 1.29 is 27.5 Å². The van der Waals surface area contributed by atoms with Crippen molar-refractivity contribution in [3.05, 3.63) is 53.3 Å². The molecular formula is C20H23N3O6S. The van der Waals surface area contributed by atoms with Gasteiger partial charge >= 0.3 is 5.97 Å². The first kappa shape index (κ1) is 21.9. The van der Waals surface area contributed by atoms with Crippen LogP contribution in [0.1, 0.15) is 33.5 Å². The van der Waals surface area contributed by atoms with Gasteiger partial charge in [-0.1, -0.05) is 6.07 Å². The first-order chi connectivity index (χ1) is 14.3. The van der Waals surface area contributed by atoms with E-state index in [1.165, 1.54) is 28.6 Å². The molecule has 160 valence electrons. The summed E-state index contributed by atoms with van der Waals surface area (Å²) in [7, 11) is -3.68. The van der Waals surface area contributed by atoms with E-state index in [2.05, 4.69) is 10.3 Å². The molecule has 0 radical (unpaired) electrons. The molecule has 1 saturated heterocycles. The van der Waals surface area contributed by atoms with E-state index in [1.54, 1.807) is 26.0 Å². The van der Waals surface area contributed by atoms with Crippen LogP contribution in [-0.4, -0.2) is 62.5 Å². The molecule has 0 aliphatic carbocycles. The molecular weight excluding hydrogens is 410 g/mol. The van der Waals surface area contributed by atoms with E-state index >= 15 is 0 Å². The number of benzene rings is 1. The van der Waals surface area contributed by atoms with E-state index in [-0.39, 0.29) is 35.8 Å². The molecule has 3 rings (SSSR count). The Kier molecular flexibility index (Phi) is 6.80. The van der Waals surface area contributed by atoms with E-state index in [0.717, 1.165) is 0 Å². The molecule has 1 aliphatic rings. The lowest BCUT2D eigenvalue weighted by Gasteiger charge is -2.26. The third kappa shape index (κ3) is 4.84. The third-order valence-electron chi connectivity index (χ3n) is 4.51. The summed E-state index contributed by atoms with van der Waals surface area (Å²) < 4.78 is 37.1. The highest BCUT2D eigenvalue weighted by Crippen LogP contribution is 2.21. The van der Waals surface area contributed by atoms with E-state index in [0.29, 0.717) is 24.6 Å². The van der Waals surface area contributed by atoms with Gasteiger partial charge in [0.2, 0.25) is 10.0 Å². The normalized spacial score (nSPS) is 14.9. The number of nitrogens with zero attached hydrogens (tertiary/aromatic N) is 2. The third-order valence-corrected chi connectivity index (χ3v) is 6.41. The van der Waals surface area contributed by atoms with Crippen LogP contribution in [0.25, 0.3) is 0 Å². The quantitative estimate of drug-likeness (QED) is 0.691. The van der Waals surface area contributed by atoms with Gasteiger partial charge in [-0.15, -0.1) is 0 Å². The number of hydrogen-bond donors (Lipinski definition) is 1. The number of carbonyl (C=O) groups is 2. The summed E-state index contributed by atoms with van der Waals surface area (Å²) in [6.07, 6.45) is 0. The van der Waals surface area contributed by atoms with Crippen LogP contribution < -0.4 is 5.32 Å². The Morgan fingerprint density at radius 3 is 2.60 bits per heavy atom. The number of esters is 1. The van der Waals surface area contributed by atoms with Crippen molar-refractivity contribution in [2.24, 2.45) is 0 Å². The molecule has 0 saturated carbocycles. The van der Waals surface area contributed by atoms with Crippen LogP contribution in [-0.2, 0) is 19.5 Å². The Morgan fingerprint density at radius 1 is 1.20 bits per heavy atom. The molecule has 1 amide bonds. The molecule has 10 heteroatoms. The van der Waals surface area contributed by atoms with Gasteiger partial charge in [-0.05, 0) is 44.2 Å². The minimum absolute atomic E-state index is 0.0870. The van der Waals surface area contributed by atoms with Crippen molar-refractivity contribution in [1.82, 2.24) is 9.29 Å². The standard InChI is InChI=1S/C20H23N3O6S/c1-3-29-20(25)17-7-8-18(21-14(17)2)19(24)22-15-5-4-6-16(13-15)30(26,27)23-9-11-28-12-10-23/h4-8,13H,3,9-12H2,1-2H3,(H,22,24). The number of anilines is 1. The van der Waals surface area contributed by atoms with Gasteiger partial charge in [0, 0.05) is 18.8 Å². The number of ether oxygens (including phenoxy) is 2. The fourth-order valence-corrected chi connectivity index (χ4v) is 4.43. The Bertz CT molecular complexity index is 1050. The fourth-order valence-electron chi connectivity index (χ4n) is 2.98. The zero-order valence-corrected chi connectivity index (χ0v) is 17.6. The molecule has 1 aromatic carbocycles. The largest absolute Gasteiger partial charge is 0.462 e. The van der Waals surface area contributed by atoms with Gasteiger partial charge in [0.05, 0.1) is 36.0 Å². The molecule has 0 atom stereocenters. The van der Waals surface area contributed by atoms with Gasteiger partial charge < -0.3 is 14.8 Å². The van der Waals surface area contributed by atoms with E-state index in [4.69, 9.17) is 9.47 Å². The lowest BCUT2D eigenvalue weighted by Crippen LogP contribution is -2.40.